The summed E-state index contributed by atoms with van der Waals surface area (Å²) in [6, 6.07) is 10.6. The molecule has 21 heavy (non-hydrogen) atoms. The van der Waals surface area contributed by atoms with Crippen LogP contribution in [0.15, 0.2) is 30.3 Å². The van der Waals surface area contributed by atoms with Crippen LogP contribution in [0.3, 0.4) is 0 Å². The first kappa shape index (κ1) is 16.3. The van der Waals surface area contributed by atoms with Crippen LogP contribution >= 0.6 is 0 Å². The van der Waals surface area contributed by atoms with Gasteiger partial charge >= 0.3 is 0 Å². The summed E-state index contributed by atoms with van der Waals surface area (Å²) in [6.45, 7) is 15.4. The highest BCUT2D eigenvalue weighted by atomic mass is 16.5. The SMILES string of the molecule is CC(C)(C)C1CN(CCOc2ccccc2)C(C)(C)CN1. The standard InChI is InChI=1S/C18H30N2O/c1-17(2,3)16-13-20(18(4,5)14-19-16)11-12-21-15-9-7-6-8-10-15/h6-10,16,19H,11-14H2,1-5H3. The summed E-state index contributed by atoms with van der Waals surface area (Å²) in [5.41, 5.74) is 0.469. The van der Waals surface area contributed by atoms with Gasteiger partial charge < -0.3 is 10.1 Å². The Hall–Kier alpha value is -1.06. The minimum atomic E-state index is 0.182. The molecule has 2 rings (SSSR count). The Balaban J connectivity index is 1.90. The molecule has 1 aromatic carbocycles. The number of rotatable bonds is 4. The van der Waals surface area contributed by atoms with E-state index < -0.39 is 0 Å². The van der Waals surface area contributed by atoms with Crippen molar-refractivity contribution in [2.75, 3.05) is 26.2 Å². The second-order valence-corrected chi connectivity index (χ2v) is 7.72. The molecular formula is C18H30N2O. The summed E-state index contributed by atoms with van der Waals surface area (Å²) in [7, 11) is 0. The minimum absolute atomic E-state index is 0.182. The number of hydrogen-bond acceptors (Lipinski definition) is 3. The Morgan fingerprint density at radius 2 is 1.90 bits per heavy atom. The Kier molecular flexibility index (Phi) is 4.95. The third-order valence-electron chi connectivity index (χ3n) is 4.46. The number of ether oxygens (including phenoxy) is 1. The van der Waals surface area contributed by atoms with Crippen LogP contribution in [0.5, 0.6) is 5.75 Å². The van der Waals surface area contributed by atoms with E-state index in [2.05, 4.69) is 44.8 Å². The first-order valence-electron chi connectivity index (χ1n) is 7.95. The van der Waals surface area contributed by atoms with Crippen LogP contribution in [0.1, 0.15) is 34.6 Å². The summed E-state index contributed by atoms with van der Waals surface area (Å²) in [6.07, 6.45) is 0. The van der Waals surface area contributed by atoms with Crippen molar-refractivity contribution in [3.8, 4) is 5.75 Å². The van der Waals surface area contributed by atoms with Gasteiger partial charge in [0.2, 0.25) is 0 Å². The van der Waals surface area contributed by atoms with Crippen molar-refractivity contribution < 1.29 is 4.74 Å². The highest BCUT2D eigenvalue weighted by Gasteiger charge is 2.37. The lowest BCUT2D eigenvalue weighted by Gasteiger charge is -2.49. The molecule has 3 heteroatoms. The molecule has 0 aromatic heterocycles. The van der Waals surface area contributed by atoms with Gasteiger partial charge in [-0.15, -0.1) is 0 Å². The molecule has 1 N–H and O–H groups in total. The second kappa shape index (κ2) is 6.37. The maximum absolute atomic E-state index is 5.86. The van der Waals surface area contributed by atoms with Gasteiger partial charge in [0.05, 0.1) is 0 Å². The maximum atomic E-state index is 5.86. The first-order valence-corrected chi connectivity index (χ1v) is 7.95. The average molecular weight is 290 g/mol. The topological polar surface area (TPSA) is 24.5 Å². The summed E-state index contributed by atoms with van der Waals surface area (Å²) in [5.74, 6) is 0.956. The zero-order chi connectivity index (χ0) is 15.5. The van der Waals surface area contributed by atoms with E-state index in [-0.39, 0.29) is 11.0 Å². The quantitative estimate of drug-likeness (QED) is 0.922. The van der Waals surface area contributed by atoms with Crippen LogP contribution in [0.2, 0.25) is 0 Å². The van der Waals surface area contributed by atoms with E-state index in [0.29, 0.717) is 6.04 Å². The Labute approximate surface area is 129 Å². The summed E-state index contributed by atoms with van der Waals surface area (Å²) in [5, 5.41) is 3.70. The molecule has 0 saturated carbocycles. The molecule has 1 aromatic rings. The summed E-state index contributed by atoms with van der Waals surface area (Å²) >= 11 is 0. The predicted octanol–water partition coefficient (Wildman–Crippen LogP) is 3.16. The predicted molar refractivity (Wildman–Crippen MR) is 88.8 cm³/mol. The number of benzene rings is 1. The first-order chi connectivity index (χ1) is 9.79. The number of hydrogen-bond donors (Lipinski definition) is 1. The second-order valence-electron chi connectivity index (χ2n) is 7.72. The molecule has 1 saturated heterocycles. The van der Waals surface area contributed by atoms with Gasteiger partial charge in [-0.25, -0.2) is 0 Å². The van der Waals surface area contributed by atoms with Crippen molar-refractivity contribution in [1.82, 2.24) is 10.2 Å². The molecule has 0 aliphatic carbocycles. The lowest BCUT2D eigenvalue weighted by Crippen LogP contribution is -2.65. The van der Waals surface area contributed by atoms with E-state index in [4.69, 9.17) is 4.74 Å². The van der Waals surface area contributed by atoms with E-state index in [1.807, 2.05) is 30.3 Å². The molecule has 1 aliphatic rings. The molecule has 1 heterocycles. The van der Waals surface area contributed by atoms with Gasteiger partial charge in [-0.3, -0.25) is 4.90 Å². The molecule has 1 aliphatic heterocycles. The van der Waals surface area contributed by atoms with Crippen molar-refractivity contribution in [3.05, 3.63) is 30.3 Å². The lowest BCUT2D eigenvalue weighted by atomic mass is 9.83. The molecule has 1 unspecified atom stereocenters. The fourth-order valence-electron chi connectivity index (χ4n) is 2.78. The van der Waals surface area contributed by atoms with Gasteiger partial charge in [-0.05, 0) is 31.4 Å². The molecule has 3 nitrogen and oxygen atoms in total. The van der Waals surface area contributed by atoms with Gasteiger partial charge in [0.15, 0.2) is 0 Å². The van der Waals surface area contributed by atoms with Crippen LogP contribution < -0.4 is 10.1 Å². The van der Waals surface area contributed by atoms with Crippen molar-refractivity contribution in [2.45, 2.75) is 46.2 Å². The molecule has 118 valence electrons. The molecule has 1 atom stereocenters. The molecule has 0 radical (unpaired) electrons. The average Bonchev–Trinajstić information content (AvgIpc) is 2.40. The van der Waals surface area contributed by atoms with E-state index in [0.717, 1.165) is 32.0 Å². The minimum Gasteiger partial charge on any atom is -0.492 e. The third-order valence-corrected chi connectivity index (χ3v) is 4.46. The van der Waals surface area contributed by atoms with E-state index >= 15 is 0 Å². The largest absolute Gasteiger partial charge is 0.492 e. The van der Waals surface area contributed by atoms with Crippen molar-refractivity contribution in [3.63, 3.8) is 0 Å². The summed E-state index contributed by atoms with van der Waals surface area (Å²) < 4.78 is 5.86. The molecular weight excluding hydrogens is 260 g/mol. The lowest BCUT2D eigenvalue weighted by molar-refractivity contribution is 0.0265. The summed E-state index contributed by atoms with van der Waals surface area (Å²) in [4.78, 5) is 2.56. The van der Waals surface area contributed by atoms with Crippen LogP contribution in [-0.2, 0) is 0 Å². The molecule has 0 bridgehead atoms. The monoisotopic (exact) mass is 290 g/mol. The van der Waals surface area contributed by atoms with Crippen LogP contribution in [0, 0.1) is 5.41 Å². The maximum Gasteiger partial charge on any atom is 0.119 e. The van der Waals surface area contributed by atoms with Gasteiger partial charge in [-0.1, -0.05) is 39.0 Å². The van der Waals surface area contributed by atoms with Crippen molar-refractivity contribution in [2.24, 2.45) is 5.41 Å². The number of nitrogens with one attached hydrogen (secondary N) is 1. The van der Waals surface area contributed by atoms with Gasteiger partial charge in [0.25, 0.3) is 0 Å². The van der Waals surface area contributed by atoms with Crippen molar-refractivity contribution >= 4 is 0 Å². The van der Waals surface area contributed by atoms with Gasteiger partial charge in [0, 0.05) is 31.2 Å². The molecule has 1 fully saturated rings. The van der Waals surface area contributed by atoms with Crippen LogP contribution in [0.4, 0.5) is 0 Å². The fourth-order valence-corrected chi connectivity index (χ4v) is 2.78. The smallest absolute Gasteiger partial charge is 0.119 e. The van der Waals surface area contributed by atoms with E-state index in [9.17, 15) is 0 Å². The molecule has 0 spiro atoms. The van der Waals surface area contributed by atoms with Gasteiger partial charge in [0.1, 0.15) is 12.4 Å². The van der Waals surface area contributed by atoms with E-state index in [1.54, 1.807) is 0 Å². The Morgan fingerprint density at radius 1 is 1.24 bits per heavy atom. The number of para-hydroxylation sites is 1. The number of nitrogens with zero attached hydrogens (tertiary/aromatic N) is 1. The Bertz CT molecular complexity index is 436. The fraction of sp³-hybridized carbons (Fsp3) is 0.667. The number of piperazine rings is 1. The molecule has 0 amide bonds. The van der Waals surface area contributed by atoms with E-state index in [1.165, 1.54) is 0 Å². The zero-order valence-corrected chi connectivity index (χ0v) is 14.1. The zero-order valence-electron chi connectivity index (χ0n) is 14.1. The highest BCUT2D eigenvalue weighted by molar-refractivity contribution is 5.20. The highest BCUT2D eigenvalue weighted by Crippen LogP contribution is 2.27. The normalized spacial score (nSPS) is 23.0. The van der Waals surface area contributed by atoms with Gasteiger partial charge in [-0.2, -0.15) is 0 Å². The third kappa shape index (κ3) is 4.45. The van der Waals surface area contributed by atoms with Crippen LogP contribution in [0.25, 0.3) is 0 Å². The Morgan fingerprint density at radius 3 is 2.52 bits per heavy atom. The van der Waals surface area contributed by atoms with Crippen molar-refractivity contribution in [1.29, 1.82) is 0 Å². The van der Waals surface area contributed by atoms with Crippen LogP contribution in [-0.4, -0.2) is 42.7 Å².